The molecule has 0 spiro atoms. The average molecular weight is 355 g/mol. The maximum absolute atomic E-state index is 11.1. The topological polar surface area (TPSA) is 23.6 Å². The number of hydrogen-bond donors (Lipinski definition) is 0. The Morgan fingerprint density at radius 1 is 0.593 bits per heavy atom. The van der Waals surface area contributed by atoms with Crippen LogP contribution in [0.1, 0.15) is 16.7 Å². The third-order valence-corrected chi connectivity index (χ3v) is 5.46. The number of hydrogen-bond acceptors (Lipinski definition) is 2. The number of piperazine rings is 1. The molecule has 0 bridgehead atoms. The Bertz CT molecular complexity index is 760. The molecule has 4 rings (SSSR count). The zero-order valence-electron chi connectivity index (χ0n) is 15.3. The molecule has 3 aromatic rings. The number of amides is 1. The molecule has 0 aliphatic carbocycles. The molecule has 1 saturated heterocycles. The Balaban J connectivity index is 1.94. The second-order valence-corrected chi connectivity index (χ2v) is 6.87. The van der Waals surface area contributed by atoms with E-state index in [-0.39, 0.29) is 0 Å². The highest BCUT2D eigenvalue weighted by Gasteiger charge is 2.42. The predicted molar refractivity (Wildman–Crippen MR) is 108 cm³/mol. The van der Waals surface area contributed by atoms with Gasteiger partial charge >= 0.3 is 6.41 Å². The summed E-state index contributed by atoms with van der Waals surface area (Å²) in [5.74, 6) is 0. The summed E-state index contributed by atoms with van der Waals surface area (Å²) in [6.07, 6.45) is 2.05. The molecule has 1 amide bonds. The molecule has 1 aliphatic heterocycles. The van der Waals surface area contributed by atoms with Crippen LogP contribution in [0.25, 0.3) is 0 Å². The van der Waals surface area contributed by atoms with Gasteiger partial charge in [-0.05, 0) is 16.7 Å². The summed E-state index contributed by atoms with van der Waals surface area (Å²) in [4.78, 5) is 15.3. The molecule has 27 heavy (non-hydrogen) atoms. The molecular weight excluding hydrogens is 332 g/mol. The van der Waals surface area contributed by atoms with Gasteiger partial charge in [-0.1, -0.05) is 91.0 Å². The normalized spacial score (nSPS) is 15.5. The van der Waals surface area contributed by atoms with Gasteiger partial charge in [0.25, 0.3) is 0 Å². The summed E-state index contributed by atoms with van der Waals surface area (Å²) < 4.78 is 0. The molecular formula is C24H23N2O. The first kappa shape index (κ1) is 17.5. The van der Waals surface area contributed by atoms with Crippen molar-refractivity contribution in [3.05, 3.63) is 108 Å². The van der Waals surface area contributed by atoms with Crippen molar-refractivity contribution in [1.29, 1.82) is 0 Å². The molecule has 3 nitrogen and oxygen atoms in total. The summed E-state index contributed by atoms with van der Waals surface area (Å²) in [5.41, 5.74) is 3.33. The van der Waals surface area contributed by atoms with E-state index in [9.17, 15) is 4.79 Å². The van der Waals surface area contributed by atoms with Crippen LogP contribution in [0.3, 0.4) is 0 Å². The third-order valence-electron chi connectivity index (χ3n) is 5.46. The molecule has 0 aromatic heterocycles. The third kappa shape index (κ3) is 3.15. The van der Waals surface area contributed by atoms with Crippen molar-refractivity contribution in [3.8, 4) is 0 Å². The minimum atomic E-state index is -0.390. The molecule has 135 valence electrons. The van der Waals surface area contributed by atoms with Crippen LogP contribution >= 0.6 is 0 Å². The number of nitrogens with zero attached hydrogens (tertiary/aromatic N) is 2. The van der Waals surface area contributed by atoms with Gasteiger partial charge < -0.3 is 4.90 Å². The van der Waals surface area contributed by atoms with E-state index in [1.54, 1.807) is 4.90 Å². The van der Waals surface area contributed by atoms with Crippen molar-refractivity contribution < 1.29 is 4.79 Å². The van der Waals surface area contributed by atoms with Crippen LogP contribution in [0, 0.1) is 0 Å². The summed E-state index contributed by atoms with van der Waals surface area (Å²) in [5, 5.41) is 0. The van der Waals surface area contributed by atoms with Crippen LogP contribution in [0.2, 0.25) is 0 Å². The predicted octanol–water partition coefficient (Wildman–Crippen LogP) is 3.66. The summed E-state index contributed by atoms with van der Waals surface area (Å²) in [6, 6.07) is 32.0. The fourth-order valence-corrected chi connectivity index (χ4v) is 4.22. The van der Waals surface area contributed by atoms with Crippen LogP contribution < -0.4 is 0 Å². The van der Waals surface area contributed by atoms with E-state index in [0.717, 1.165) is 13.1 Å². The van der Waals surface area contributed by atoms with Gasteiger partial charge in [-0.15, -0.1) is 0 Å². The molecule has 1 radical (unpaired) electrons. The van der Waals surface area contributed by atoms with Gasteiger partial charge in [0.05, 0.1) is 5.54 Å². The van der Waals surface area contributed by atoms with Crippen molar-refractivity contribution >= 4 is 6.41 Å². The largest absolute Gasteiger partial charge is 0.332 e. The Kier molecular flexibility index (Phi) is 5.03. The molecule has 1 fully saturated rings. The van der Waals surface area contributed by atoms with Gasteiger partial charge in [0, 0.05) is 26.2 Å². The molecule has 1 heterocycles. The molecule has 1 aliphatic rings. The van der Waals surface area contributed by atoms with E-state index in [4.69, 9.17) is 0 Å². The van der Waals surface area contributed by atoms with Crippen LogP contribution in [0.4, 0.5) is 0 Å². The van der Waals surface area contributed by atoms with Gasteiger partial charge in [0.2, 0.25) is 0 Å². The zero-order valence-corrected chi connectivity index (χ0v) is 15.3. The van der Waals surface area contributed by atoms with E-state index >= 15 is 0 Å². The second-order valence-electron chi connectivity index (χ2n) is 6.87. The van der Waals surface area contributed by atoms with Gasteiger partial charge in [0.15, 0.2) is 0 Å². The monoisotopic (exact) mass is 355 g/mol. The smallest absolute Gasteiger partial charge is 0.312 e. The molecule has 3 heteroatoms. The first-order chi connectivity index (χ1) is 13.4. The van der Waals surface area contributed by atoms with Gasteiger partial charge in [0.1, 0.15) is 0 Å². The zero-order chi connectivity index (χ0) is 18.5. The van der Waals surface area contributed by atoms with Crippen molar-refractivity contribution in [1.82, 2.24) is 9.80 Å². The highest BCUT2D eigenvalue weighted by Crippen LogP contribution is 2.42. The summed E-state index contributed by atoms with van der Waals surface area (Å²) in [7, 11) is 0. The van der Waals surface area contributed by atoms with E-state index in [1.807, 2.05) is 0 Å². The molecule has 0 saturated carbocycles. The summed E-state index contributed by atoms with van der Waals surface area (Å²) >= 11 is 0. The van der Waals surface area contributed by atoms with Crippen molar-refractivity contribution in [3.63, 3.8) is 0 Å². The lowest BCUT2D eigenvalue weighted by atomic mass is 9.75. The SMILES string of the molecule is O=[C]N1CCN(C(c2ccccc2)(c2ccccc2)c2ccccc2)CC1. The van der Waals surface area contributed by atoms with Crippen LogP contribution in [0.5, 0.6) is 0 Å². The van der Waals surface area contributed by atoms with E-state index in [0.29, 0.717) is 13.1 Å². The van der Waals surface area contributed by atoms with Crippen molar-refractivity contribution in [2.75, 3.05) is 26.2 Å². The van der Waals surface area contributed by atoms with Gasteiger partial charge in [-0.2, -0.15) is 0 Å². The first-order valence-electron chi connectivity index (χ1n) is 9.40. The first-order valence-corrected chi connectivity index (χ1v) is 9.40. The molecule has 3 aromatic carbocycles. The highest BCUT2D eigenvalue weighted by atomic mass is 16.1. The van der Waals surface area contributed by atoms with E-state index in [2.05, 4.69) is 102 Å². The van der Waals surface area contributed by atoms with Crippen LogP contribution in [0.15, 0.2) is 91.0 Å². The Morgan fingerprint density at radius 2 is 0.963 bits per heavy atom. The lowest BCUT2D eigenvalue weighted by molar-refractivity contribution is 0.101. The number of benzene rings is 3. The molecule has 0 unspecified atom stereocenters. The fraction of sp³-hybridized carbons (Fsp3) is 0.208. The fourth-order valence-electron chi connectivity index (χ4n) is 4.22. The van der Waals surface area contributed by atoms with E-state index in [1.165, 1.54) is 16.7 Å². The summed E-state index contributed by atoms with van der Waals surface area (Å²) in [6.45, 7) is 2.98. The van der Waals surface area contributed by atoms with E-state index < -0.39 is 5.54 Å². The van der Waals surface area contributed by atoms with Crippen molar-refractivity contribution in [2.24, 2.45) is 0 Å². The molecule has 0 atom stereocenters. The van der Waals surface area contributed by atoms with Crippen LogP contribution in [-0.4, -0.2) is 42.4 Å². The Labute approximate surface area is 160 Å². The van der Waals surface area contributed by atoms with Crippen molar-refractivity contribution in [2.45, 2.75) is 5.54 Å². The minimum absolute atomic E-state index is 0.390. The maximum Gasteiger partial charge on any atom is 0.312 e. The van der Waals surface area contributed by atoms with Gasteiger partial charge in [-0.25, -0.2) is 0 Å². The quantitative estimate of drug-likeness (QED) is 0.652. The Morgan fingerprint density at radius 3 is 1.30 bits per heavy atom. The standard InChI is InChI=1S/C24H23N2O/c27-20-25-16-18-26(19-17-25)24(21-10-4-1-5-11-21,22-12-6-2-7-13-22)23-14-8-3-9-15-23/h1-15H,16-19H2. The highest BCUT2D eigenvalue weighted by molar-refractivity contribution is 5.51. The van der Waals surface area contributed by atoms with Crippen LogP contribution in [-0.2, 0) is 10.3 Å². The molecule has 0 N–H and O–H groups in total. The lowest BCUT2D eigenvalue weighted by Gasteiger charge is -2.48. The Hall–Kier alpha value is -2.91. The number of rotatable bonds is 5. The van der Waals surface area contributed by atoms with Gasteiger partial charge in [-0.3, -0.25) is 9.69 Å². The maximum atomic E-state index is 11.1. The number of carbonyl (C=O) groups excluding carboxylic acids is 1. The average Bonchev–Trinajstić information content (AvgIpc) is 2.77. The lowest BCUT2D eigenvalue weighted by Crippen LogP contribution is -2.56. The minimum Gasteiger partial charge on any atom is -0.332 e. The second kappa shape index (κ2) is 7.77.